The summed E-state index contributed by atoms with van der Waals surface area (Å²) in [7, 11) is 0. The Labute approximate surface area is 98.6 Å². The summed E-state index contributed by atoms with van der Waals surface area (Å²) in [6.07, 6.45) is 0. The van der Waals surface area contributed by atoms with Gasteiger partial charge in [0, 0.05) is 13.1 Å². The molecule has 0 amide bonds. The Morgan fingerprint density at radius 2 is 2.00 bits per heavy atom. The van der Waals surface area contributed by atoms with E-state index in [4.69, 9.17) is 4.74 Å². The molecular formula is C12H15N3O2. The molecule has 1 saturated heterocycles. The first kappa shape index (κ1) is 10.6. The minimum absolute atomic E-state index is 0.0438. The van der Waals surface area contributed by atoms with Crippen molar-refractivity contribution in [2.24, 2.45) is 0 Å². The average molecular weight is 233 g/mol. The lowest BCUT2D eigenvalue weighted by atomic mass is 10.3. The number of H-pyrrole nitrogens is 1. The van der Waals surface area contributed by atoms with E-state index in [1.807, 2.05) is 24.3 Å². The molecule has 1 aliphatic heterocycles. The maximum atomic E-state index is 11.9. The molecule has 5 heteroatoms. The molecule has 0 bridgehead atoms. The zero-order valence-corrected chi connectivity index (χ0v) is 9.56. The molecular weight excluding hydrogens is 218 g/mol. The molecule has 0 unspecified atom stereocenters. The molecule has 17 heavy (non-hydrogen) atoms. The Bertz CT molecular complexity index is 566. The molecule has 90 valence electrons. The van der Waals surface area contributed by atoms with E-state index < -0.39 is 0 Å². The predicted octanol–water partition coefficient (Wildman–Crippen LogP) is 0.619. The fourth-order valence-electron chi connectivity index (χ4n) is 2.19. The molecule has 3 rings (SSSR count). The normalized spacial score (nSPS) is 17.6. The summed E-state index contributed by atoms with van der Waals surface area (Å²) in [4.78, 5) is 17.0. The summed E-state index contributed by atoms with van der Waals surface area (Å²) in [6.45, 7) is 3.89. The monoisotopic (exact) mass is 233 g/mol. The highest BCUT2D eigenvalue weighted by Gasteiger charge is 2.13. The molecule has 0 atom stereocenters. The molecule has 0 radical (unpaired) electrons. The largest absolute Gasteiger partial charge is 0.379 e. The second-order valence-electron chi connectivity index (χ2n) is 4.25. The van der Waals surface area contributed by atoms with Crippen molar-refractivity contribution in [2.45, 2.75) is 6.67 Å². The van der Waals surface area contributed by atoms with Crippen molar-refractivity contribution in [2.75, 3.05) is 26.3 Å². The third kappa shape index (κ3) is 1.99. The molecule has 1 aliphatic rings. The number of hydrogen-bond acceptors (Lipinski definition) is 3. The Balaban J connectivity index is 1.93. The number of nitrogens with zero attached hydrogens (tertiary/aromatic N) is 2. The van der Waals surface area contributed by atoms with Crippen LogP contribution in [0.3, 0.4) is 0 Å². The Morgan fingerprint density at radius 3 is 2.82 bits per heavy atom. The average Bonchev–Trinajstić information content (AvgIpc) is 2.68. The van der Waals surface area contributed by atoms with E-state index in [1.54, 1.807) is 4.57 Å². The fourth-order valence-corrected chi connectivity index (χ4v) is 2.19. The Hall–Kier alpha value is -1.59. The van der Waals surface area contributed by atoms with Gasteiger partial charge in [-0.3, -0.25) is 9.47 Å². The van der Waals surface area contributed by atoms with Crippen LogP contribution in [0.2, 0.25) is 0 Å². The SMILES string of the molecule is O=c1[nH]c2ccccc2n1CN1CCOCC1. The van der Waals surface area contributed by atoms with E-state index in [1.165, 1.54) is 0 Å². The van der Waals surface area contributed by atoms with Gasteiger partial charge in [-0.1, -0.05) is 12.1 Å². The maximum absolute atomic E-state index is 11.9. The van der Waals surface area contributed by atoms with Gasteiger partial charge in [-0.25, -0.2) is 4.79 Å². The standard InChI is InChI=1S/C12H15N3O2/c16-12-13-10-3-1-2-4-11(10)15(12)9-14-5-7-17-8-6-14/h1-4H,5-9H2,(H,13,16). The van der Waals surface area contributed by atoms with Crippen molar-refractivity contribution in [3.8, 4) is 0 Å². The molecule has 1 N–H and O–H groups in total. The number of morpholine rings is 1. The quantitative estimate of drug-likeness (QED) is 0.827. The highest BCUT2D eigenvalue weighted by molar-refractivity contribution is 5.74. The van der Waals surface area contributed by atoms with Crippen molar-refractivity contribution in [3.05, 3.63) is 34.7 Å². The molecule has 5 nitrogen and oxygen atoms in total. The second-order valence-corrected chi connectivity index (χ2v) is 4.25. The van der Waals surface area contributed by atoms with Gasteiger partial charge in [0.05, 0.1) is 30.9 Å². The highest BCUT2D eigenvalue weighted by atomic mass is 16.5. The van der Waals surface area contributed by atoms with Crippen LogP contribution in [-0.2, 0) is 11.4 Å². The van der Waals surface area contributed by atoms with Gasteiger partial charge < -0.3 is 9.72 Å². The Kier molecular flexibility index (Phi) is 2.70. The number of para-hydroxylation sites is 2. The summed E-state index contributed by atoms with van der Waals surface area (Å²) in [5.41, 5.74) is 1.81. The van der Waals surface area contributed by atoms with E-state index in [0.717, 1.165) is 37.3 Å². The molecule has 1 aromatic heterocycles. The van der Waals surface area contributed by atoms with Gasteiger partial charge in [-0.05, 0) is 12.1 Å². The number of fused-ring (bicyclic) bond motifs is 1. The lowest BCUT2D eigenvalue weighted by Gasteiger charge is -2.26. The molecule has 0 spiro atoms. The van der Waals surface area contributed by atoms with E-state index in [-0.39, 0.29) is 5.69 Å². The third-order valence-electron chi connectivity index (χ3n) is 3.13. The minimum Gasteiger partial charge on any atom is -0.379 e. The predicted molar refractivity (Wildman–Crippen MR) is 65.0 cm³/mol. The summed E-state index contributed by atoms with van der Waals surface area (Å²) in [5, 5.41) is 0. The molecule has 2 heterocycles. The van der Waals surface area contributed by atoms with Crippen LogP contribution in [0.15, 0.2) is 29.1 Å². The van der Waals surface area contributed by atoms with E-state index in [0.29, 0.717) is 6.67 Å². The number of nitrogens with one attached hydrogen (secondary N) is 1. The van der Waals surface area contributed by atoms with Crippen LogP contribution < -0.4 is 5.69 Å². The van der Waals surface area contributed by atoms with Crippen LogP contribution >= 0.6 is 0 Å². The Morgan fingerprint density at radius 1 is 1.24 bits per heavy atom. The number of imidazole rings is 1. The number of aromatic nitrogens is 2. The summed E-state index contributed by atoms with van der Waals surface area (Å²) < 4.78 is 7.08. The van der Waals surface area contributed by atoms with Crippen LogP contribution in [0.4, 0.5) is 0 Å². The van der Waals surface area contributed by atoms with Crippen molar-refractivity contribution < 1.29 is 4.74 Å². The molecule has 0 saturated carbocycles. The minimum atomic E-state index is -0.0438. The first-order valence-electron chi connectivity index (χ1n) is 5.82. The zero-order valence-electron chi connectivity index (χ0n) is 9.56. The molecule has 0 aliphatic carbocycles. The second kappa shape index (κ2) is 4.35. The first-order chi connectivity index (χ1) is 8.34. The number of aromatic amines is 1. The number of rotatable bonds is 2. The summed E-state index contributed by atoms with van der Waals surface area (Å²) in [6, 6.07) is 7.77. The van der Waals surface area contributed by atoms with Crippen LogP contribution in [0.5, 0.6) is 0 Å². The van der Waals surface area contributed by atoms with Crippen molar-refractivity contribution in [1.82, 2.24) is 14.5 Å². The lowest BCUT2D eigenvalue weighted by molar-refractivity contribution is 0.0236. The van der Waals surface area contributed by atoms with Gasteiger partial charge in [0.2, 0.25) is 0 Å². The van der Waals surface area contributed by atoms with Crippen molar-refractivity contribution in [3.63, 3.8) is 0 Å². The van der Waals surface area contributed by atoms with Crippen LogP contribution in [0, 0.1) is 0 Å². The van der Waals surface area contributed by atoms with Crippen LogP contribution in [-0.4, -0.2) is 40.8 Å². The highest BCUT2D eigenvalue weighted by Crippen LogP contribution is 2.10. The first-order valence-corrected chi connectivity index (χ1v) is 5.82. The van der Waals surface area contributed by atoms with Gasteiger partial charge in [0.25, 0.3) is 0 Å². The number of hydrogen-bond donors (Lipinski definition) is 1. The summed E-state index contributed by atoms with van der Waals surface area (Å²) in [5.74, 6) is 0. The number of ether oxygens (including phenoxy) is 1. The van der Waals surface area contributed by atoms with Gasteiger partial charge in [-0.15, -0.1) is 0 Å². The molecule has 2 aromatic rings. The van der Waals surface area contributed by atoms with E-state index in [2.05, 4.69) is 9.88 Å². The summed E-state index contributed by atoms with van der Waals surface area (Å²) >= 11 is 0. The lowest BCUT2D eigenvalue weighted by Crippen LogP contribution is -2.39. The maximum Gasteiger partial charge on any atom is 0.327 e. The zero-order chi connectivity index (χ0) is 11.7. The number of benzene rings is 1. The van der Waals surface area contributed by atoms with Crippen molar-refractivity contribution >= 4 is 11.0 Å². The van der Waals surface area contributed by atoms with Gasteiger partial charge in [0.1, 0.15) is 0 Å². The van der Waals surface area contributed by atoms with Crippen LogP contribution in [0.1, 0.15) is 0 Å². The molecule has 1 fully saturated rings. The third-order valence-corrected chi connectivity index (χ3v) is 3.13. The molecule has 1 aromatic carbocycles. The topological polar surface area (TPSA) is 50.3 Å². The van der Waals surface area contributed by atoms with E-state index >= 15 is 0 Å². The van der Waals surface area contributed by atoms with Gasteiger partial charge >= 0.3 is 5.69 Å². The van der Waals surface area contributed by atoms with Crippen molar-refractivity contribution in [1.29, 1.82) is 0 Å². The van der Waals surface area contributed by atoms with Gasteiger partial charge in [0.15, 0.2) is 0 Å². The smallest absolute Gasteiger partial charge is 0.327 e. The van der Waals surface area contributed by atoms with Crippen LogP contribution in [0.25, 0.3) is 11.0 Å². The van der Waals surface area contributed by atoms with E-state index in [9.17, 15) is 4.79 Å². The van der Waals surface area contributed by atoms with Gasteiger partial charge in [-0.2, -0.15) is 0 Å². The fraction of sp³-hybridized carbons (Fsp3) is 0.417.